The van der Waals surface area contributed by atoms with Gasteiger partial charge in [-0.3, -0.25) is 4.21 Å². The number of hydrogen-bond donors (Lipinski definition) is 0. The molecule has 0 radical (unpaired) electrons. The summed E-state index contributed by atoms with van der Waals surface area (Å²) in [4.78, 5) is 11.2. The minimum atomic E-state index is -0.764. The van der Waals surface area contributed by atoms with Crippen LogP contribution in [0.3, 0.4) is 0 Å². The fraction of sp³-hybridized carbons (Fsp3) is 0.500. The average Bonchev–Trinajstić information content (AvgIpc) is 2.55. The summed E-state index contributed by atoms with van der Waals surface area (Å²) in [6, 6.07) is 6.06. The molecule has 118 valence electrons. The number of halogens is 1. The van der Waals surface area contributed by atoms with Gasteiger partial charge in [-0.05, 0) is 31.0 Å². The molecule has 1 aromatic heterocycles. The van der Waals surface area contributed by atoms with E-state index in [2.05, 4.69) is 50.7 Å². The molecule has 0 spiro atoms. The highest BCUT2D eigenvalue weighted by atomic mass is 79.9. The van der Waals surface area contributed by atoms with Gasteiger partial charge in [0.1, 0.15) is 12.1 Å². The third kappa shape index (κ3) is 2.67. The molecule has 1 saturated heterocycles. The molecule has 2 aromatic rings. The molecule has 1 aromatic carbocycles. The minimum Gasteiger partial charge on any atom is -0.354 e. The molecule has 0 amide bonds. The first kappa shape index (κ1) is 15.9. The number of aromatic nitrogens is 2. The molecule has 1 aliphatic heterocycles. The van der Waals surface area contributed by atoms with Crippen LogP contribution in [0.25, 0.3) is 10.9 Å². The first-order valence-corrected chi connectivity index (χ1v) is 9.74. The summed E-state index contributed by atoms with van der Waals surface area (Å²) in [5, 5.41) is 1.05. The first-order chi connectivity index (χ1) is 10.6. The molecule has 22 heavy (non-hydrogen) atoms. The zero-order valence-electron chi connectivity index (χ0n) is 12.9. The monoisotopic (exact) mass is 381 g/mol. The van der Waals surface area contributed by atoms with Gasteiger partial charge in [-0.2, -0.15) is 0 Å². The van der Waals surface area contributed by atoms with Crippen LogP contribution in [0.5, 0.6) is 0 Å². The maximum Gasteiger partial charge on any atom is 0.139 e. The molecule has 4 nitrogen and oxygen atoms in total. The highest BCUT2D eigenvalue weighted by Gasteiger charge is 2.39. The smallest absolute Gasteiger partial charge is 0.139 e. The van der Waals surface area contributed by atoms with Crippen LogP contribution in [-0.4, -0.2) is 37.8 Å². The Hall–Kier alpha value is -1.01. The van der Waals surface area contributed by atoms with Crippen molar-refractivity contribution in [1.29, 1.82) is 0 Å². The maximum absolute atomic E-state index is 12.5. The van der Waals surface area contributed by atoms with Gasteiger partial charge in [0.25, 0.3) is 0 Å². The molecule has 1 fully saturated rings. The number of hydrogen-bond acceptors (Lipinski definition) is 4. The van der Waals surface area contributed by atoms with Crippen LogP contribution in [-0.2, 0) is 10.8 Å². The van der Waals surface area contributed by atoms with Crippen molar-refractivity contribution in [1.82, 2.24) is 9.97 Å². The lowest BCUT2D eigenvalue weighted by Gasteiger charge is -2.41. The molecule has 1 unspecified atom stereocenters. The predicted molar refractivity (Wildman–Crippen MR) is 95.8 cm³/mol. The van der Waals surface area contributed by atoms with Gasteiger partial charge in [0.15, 0.2) is 0 Å². The minimum absolute atomic E-state index is 0.123. The van der Waals surface area contributed by atoms with E-state index in [0.29, 0.717) is 5.75 Å². The zero-order chi connectivity index (χ0) is 15.7. The molecule has 1 atom stereocenters. The zero-order valence-corrected chi connectivity index (χ0v) is 15.3. The molecular weight excluding hydrogens is 362 g/mol. The lowest BCUT2D eigenvalue weighted by Crippen LogP contribution is -2.53. The Labute approximate surface area is 141 Å². The van der Waals surface area contributed by atoms with E-state index in [9.17, 15) is 4.21 Å². The third-order valence-electron chi connectivity index (χ3n) is 4.67. The van der Waals surface area contributed by atoms with Gasteiger partial charge in [-0.25, -0.2) is 9.97 Å². The Morgan fingerprint density at radius 3 is 2.82 bits per heavy atom. The summed E-state index contributed by atoms with van der Waals surface area (Å²) >= 11 is 3.53. The number of nitrogens with zero attached hydrogens (tertiary/aromatic N) is 3. The van der Waals surface area contributed by atoms with Gasteiger partial charge in [0, 0.05) is 39.5 Å². The third-order valence-corrected chi connectivity index (χ3v) is 7.39. The van der Waals surface area contributed by atoms with Gasteiger partial charge in [-0.1, -0.05) is 29.8 Å². The number of benzene rings is 1. The Morgan fingerprint density at radius 1 is 1.32 bits per heavy atom. The van der Waals surface area contributed by atoms with E-state index in [1.54, 1.807) is 6.33 Å². The second kappa shape index (κ2) is 6.24. The summed E-state index contributed by atoms with van der Waals surface area (Å²) in [6.07, 6.45) is 3.48. The Kier molecular flexibility index (Phi) is 4.50. The second-order valence-corrected chi connectivity index (χ2v) is 8.60. The van der Waals surface area contributed by atoms with E-state index >= 15 is 0 Å². The summed E-state index contributed by atoms with van der Waals surface area (Å²) in [6.45, 7) is 5.86. The van der Waals surface area contributed by atoms with Crippen LogP contribution < -0.4 is 4.90 Å². The van der Waals surface area contributed by atoms with Crippen LogP contribution in [0.2, 0.25) is 0 Å². The molecule has 2 heterocycles. The highest BCUT2D eigenvalue weighted by molar-refractivity contribution is 9.10. The standard InChI is InChI=1S/C16H20BrN3OS/c1-3-16(4-2)10-20(7-8-22(16)21)15-13-9-12(17)5-6-14(13)18-11-19-15/h5-6,9,11H,3-4,7-8,10H2,1-2H3. The predicted octanol–water partition coefficient (Wildman–Crippen LogP) is 3.52. The lowest BCUT2D eigenvalue weighted by atomic mass is 10.0. The molecule has 3 rings (SSSR count). The summed E-state index contributed by atoms with van der Waals surface area (Å²) in [5.74, 6) is 1.66. The Morgan fingerprint density at radius 2 is 2.09 bits per heavy atom. The molecule has 6 heteroatoms. The SMILES string of the molecule is CCC1(CC)CN(c2ncnc3ccc(Br)cc23)CCS1=O. The fourth-order valence-corrected chi connectivity index (χ4v) is 5.28. The highest BCUT2D eigenvalue weighted by Crippen LogP contribution is 2.33. The average molecular weight is 382 g/mol. The van der Waals surface area contributed by atoms with Crippen molar-refractivity contribution in [3.8, 4) is 0 Å². The van der Waals surface area contributed by atoms with Gasteiger partial charge in [0.2, 0.25) is 0 Å². The summed E-state index contributed by atoms with van der Waals surface area (Å²) in [7, 11) is -0.764. The molecule has 0 aliphatic carbocycles. The first-order valence-electron chi connectivity index (χ1n) is 7.63. The maximum atomic E-state index is 12.5. The van der Waals surface area contributed by atoms with Gasteiger partial charge in [0.05, 0.1) is 10.3 Å². The number of fused-ring (bicyclic) bond motifs is 1. The van der Waals surface area contributed by atoms with Crippen LogP contribution in [0, 0.1) is 0 Å². The van der Waals surface area contributed by atoms with Crippen molar-refractivity contribution in [2.75, 3.05) is 23.7 Å². The van der Waals surface area contributed by atoms with Crippen LogP contribution in [0.1, 0.15) is 26.7 Å². The second-order valence-electron chi connectivity index (χ2n) is 5.72. The van der Waals surface area contributed by atoms with Crippen molar-refractivity contribution in [3.63, 3.8) is 0 Å². The Balaban J connectivity index is 2.04. The quantitative estimate of drug-likeness (QED) is 0.815. The van der Waals surface area contributed by atoms with E-state index in [1.165, 1.54) is 0 Å². The molecule has 0 N–H and O–H groups in total. The van der Waals surface area contributed by atoms with Gasteiger partial charge in [-0.15, -0.1) is 0 Å². The van der Waals surface area contributed by atoms with Crippen molar-refractivity contribution in [2.24, 2.45) is 0 Å². The van der Waals surface area contributed by atoms with E-state index in [4.69, 9.17) is 0 Å². The topological polar surface area (TPSA) is 46.1 Å². The lowest BCUT2D eigenvalue weighted by molar-refractivity contribution is 0.495. The van der Waals surface area contributed by atoms with Crippen molar-refractivity contribution in [2.45, 2.75) is 31.4 Å². The van der Waals surface area contributed by atoms with Crippen molar-refractivity contribution in [3.05, 3.63) is 29.0 Å². The van der Waals surface area contributed by atoms with Crippen molar-refractivity contribution >= 4 is 43.5 Å². The fourth-order valence-electron chi connectivity index (χ4n) is 3.15. The van der Waals surface area contributed by atoms with E-state index in [0.717, 1.165) is 47.1 Å². The molecular formula is C16H20BrN3OS. The number of rotatable bonds is 3. The molecule has 0 saturated carbocycles. The Bertz CT molecular complexity index is 718. The molecule has 1 aliphatic rings. The number of anilines is 1. The summed E-state index contributed by atoms with van der Waals surface area (Å²) in [5.41, 5.74) is 0.943. The van der Waals surface area contributed by atoms with E-state index in [-0.39, 0.29) is 4.75 Å². The van der Waals surface area contributed by atoms with E-state index < -0.39 is 10.8 Å². The van der Waals surface area contributed by atoms with Crippen LogP contribution >= 0.6 is 15.9 Å². The van der Waals surface area contributed by atoms with Gasteiger partial charge >= 0.3 is 0 Å². The van der Waals surface area contributed by atoms with Gasteiger partial charge < -0.3 is 4.90 Å². The van der Waals surface area contributed by atoms with E-state index in [1.807, 2.05) is 12.1 Å². The molecule has 0 bridgehead atoms. The largest absolute Gasteiger partial charge is 0.354 e. The normalized spacial score (nSPS) is 21.2. The van der Waals surface area contributed by atoms with Crippen molar-refractivity contribution < 1.29 is 4.21 Å². The summed E-state index contributed by atoms with van der Waals surface area (Å²) < 4.78 is 13.4. The van der Waals surface area contributed by atoms with Crippen LogP contribution in [0.4, 0.5) is 5.82 Å². The van der Waals surface area contributed by atoms with Crippen LogP contribution in [0.15, 0.2) is 29.0 Å².